The molecule has 1 aliphatic rings. The van der Waals surface area contributed by atoms with E-state index in [1.807, 2.05) is 0 Å². The zero-order chi connectivity index (χ0) is 18.7. The molecule has 0 saturated carbocycles. The Kier molecular flexibility index (Phi) is 5.36. The summed E-state index contributed by atoms with van der Waals surface area (Å²) in [4.78, 5) is 13.8. The molecule has 10 heteroatoms. The molecule has 1 atom stereocenters. The molecule has 0 bridgehead atoms. The van der Waals surface area contributed by atoms with Crippen LogP contribution in [-0.4, -0.2) is 40.7 Å². The van der Waals surface area contributed by atoms with Crippen LogP contribution < -0.4 is 4.74 Å². The summed E-state index contributed by atoms with van der Waals surface area (Å²) in [5.74, 6) is -1.66. The molecule has 2 heterocycles. The molecule has 0 unspecified atom stereocenters. The highest BCUT2D eigenvalue weighted by Crippen LogP contribution is 2.32. The predicted octanol–water partition coefficient (Wildman–Crippen LogP) is 3.53. The van der Waals surface area contributed by atoms with Gasteiger partial charge in [-0.1, -0.05) is 11.6 Å². The Labute approximate surface area is 151 Å². The number of rotatable bonds is 4. The number of alkyl halides is 3. The Morgan fingerprint density at radius 3 is 2.69 bits per heavy atom. The largest absolute Gasteiger partial charge is 0.484 e. The highest BCUT2D eigenvalue weighted by atomic mass is 35.5. The average molecular weight is 390 g/mol. The fraction of sp³-hybridized carbons (Fsp3) is 0.438. The van der Waals surface area contributed by atoms with E-state index in [4.69, 9.17) is 20.8 Å². The molecule has 1 saturated heterocycles. The van der Waals surface area contributed by atoms with E-state index in [-0.39, 0.29) is 24.9 Å². The number of nitrogens with zero attached hydrogens (tertiary/aromatic N) is 3. The number of piperidine rings is 1. The standard InChI is InChI=1S/C16H15ClF3N3O3/c17-11-3-5-12(6-4-11)25-9-13(24)23-7-1-2-10(8-23)14-21-22-15(26-14)16(18,19)20/h3-6,10H,1-2,7-9H2/t10-/m1/s1. The number of aromatic nitrogens is 2. The highest BCUT2D eigenvalue weighted by Gasteiger charge is 2.39. The van der Waals surface area contributed by atoms with Crippen molar-refractivity contribution >= 4 is 17.5 Å². The van der Waals surface area contributed by atoms with Gasteiger partial charge in [-0.25, -0.2) is 0 Å². The Balaban J connectivity index is 1.58. The number of hydrogen-bond acceptors (Lipinski definition) is 5. The van der Waals surface area contributed by atoms with Crippen molar-refractivity contribution in [3.8, 4) is 5.75 Å². The lowest BCUT2D eigenvalue weighted by Gasteiger charge is -2.31. The summed E-state index contributed by atoms with van der Waals surface area (Å²) in [7, 11) is 0. The average Bonchev–Trinajstić information content (AvgIpc) is 3.12. The molecule has 1 aromatic heterocycles. The Hall–Kier alpha value is -2.29. The van der Waals surface area contributed by atoms with Crippen molar-refractivity contribution in [2.24, 2.45) is 0 Å². The molecule has 1 aromatic carbocycles. The Morgan fingerprint density at radius 2 is 2.04 bits per heavy atom. The Morgan fingerprint density at radius 1 is 1.31 bits per heavy atom. The van der Waals surface area contributed by atoms with Crippen LogP contribution in [0.15, 0.2) is 28.7 Å². The summed E-state index contributed by atoms with van der Waals surface area (Å²) in [5, 5.41) is 7.07. The van der Waals surface area contributed by atoms with Gasteiger partial charge in [0, 0.05) is 18.1 Å². The van der Waals surface area contributed by atoms with Crippen LogP contribution in [0.3, 0.4) is 0 Å². The third-order valence-corrected chi connectivity index (χ3v) is 4.23. The minimum atomic E-state index is -4.68. The topological polar surface area (TPSA) is 68.5 Å². The summed E-state index contributed by atoms with van der Waals surface area (Å²) in [6.07, 6.45) is -3.48. The first-order chi connectivity index (χ1) is 12.3. The fourth-order valence-electron chi connectivity index (χ4n) is 2.69. The lowest BCUT2D eigenvalue weighted by atomic mass is 9.98. The van der Waals surface area contributed by atoms with E-state index < -0.39 is 18.0 Å². The molecule has 3 rings (SSSR count). The minimum Gasteiger partial charge on any atom is -0.484 e. The van der Waals surface area contributed by atoms with Gasteiger partial charge in [0.05, 0.1) is 5.92 Å². The number of carbonyl (C=O) groups is 1. The third kappa shape index (κ3) is 4.46. The summed E-state index contributed by atoms with van der Waals surface area (Å²) in [6.45, 7) is 0.536. The van der Waals surface area contributed by atoms with Crippen LogP contribution >= 0.6 is 11.6 Å². The predicted molar refractivity (Wildman–Crippen MR) is 84.8 cm³/mol. The number of hydrogen-bond donors (Lipinski definition) is 0. The van der Waals surface area contributed by atoms with Gasteiger partial charge in [-0.3, -0.25) is 4.79 Å². The van der Waals surface area contributed by atoms with Crippen molar-refractivity contribution in [3.63, 3.8) is 0 Å². The van der Waals surface area contributed by atoms with Crippen LogP contribution in [0.1, 0.15) is 30.5 Å². The summed E-state index contributed by atoms with van der Waals surface area (Å²) >= 11 is 5.78. The second-order valence-electron chi connectivity index (χ2n) is 5.86. The van der Waals surface area contributed by atoms with Gasteiger partial charge in [-0.15, -0.1) is 10.2 Å². The molecule has 140 valence electrons. The van der Waals surface area contributed by atoms with E-state index in [0.29, 0.717) is 30.2 Å². The molecule has 0 aliphatic carbocycles. The van der Waals surface area contributed by atoms with Crippen LogP contribution in [0.5, 0.6) is 5.75 Å². The first kappa shape index (κ1) is 18.5. The second kappa shape index (κ2) is 7.53. The molecule has 6 nitrogen and oxygen atoms in total. The van der Waals surface area contributed by atoms with Gasteiger partial charge >= 0.3 is 12.1 Å². The van der Waals surface area contributed by atoms with Crippen molar-refractivity contribution in [2.45, 2.75) is 24.9 Å². The van der Waals surface area contributed by atoms with Crippen LogP contribution in [0, 0.1) is 0 Å². The minimum absolute atomic E-state index is 0.103. The molecule has 26 heavy (non-hydrogen) atoms. The molecule has 1 amide bonds. The SMILES string of the molecule is O=C(COc1ccc(Cl)cc1)N1CCC[C@@H](c2nnc(C(F)(F)F)o2)C1. The van der Waals surface area contributed by atoms with Crippen LogP contribution in [0.25, 0.3) is 0 Å². The summed E-state index contributed by atoms with van der Waals surface area (Å²) in [5.41, 5.74) is 0. The molecule has 1 aliphatic heterocycles. The van der Waals surface area contributed by atoms with Gasteiger partial charge in [0.2, 0.25) is 5.89 Å². The van der Waals surface area contributed by atoms with E-state index in [2.05, 4.69) is 10.2 Å². The summed E-state index contributed by atoms with van der Waals surface area (Å²) < 4.78 is 47.9. The number of benzene rings is 1. The molecule has 1 fully saturated rings. The van der Waals surface area contributed by atoms with Gasteiger partial charge in [0.25, 0.3) is 5.91 Å². The fourth-order valence-corrected chi connectivity index (χ4v) is 2.81. The number of halogens is 4. The zero-order valence-corrected chi connectivity index (χ0v) is 14.3. The monoisotopic (exact) mass is 389 g/mol. The maximum atomic E-state index is 12.6. The Bertz CT molecular complexity index is 764. The zero-order valence-electron chi connectivity index (χ0n) is 13.5. The van der Waals surface area contributed by atoms with Crippen molar-refractivity contribution in [1.29, 1.82) is 0 Å². The van der Waals surface area contributed by atoms with Crippen molar-refractivity contribution in [3.05, 3.63) is 41.1 Å². The van der Waals surface area contributed by atoms with Gasteiger partial charge in [0.15, 0.2) is 6.61 Å². The first-order valence-electron chi connectivity index (χ1n) is 7.89. The molecule has 0 N–H and O–H groups in total. The normalized spacial score (nSPS) is 18.0. The van der Waals surface area contributed by atoms with E-state index >= 15 is 0 Å². The first-order valence-corrected chi connectivity index (χ1v) is 8.27. The number of carbonyl (C=O) groups excluding carboxylic acids is 1. The highest BCUT2D eigenvalue weighted by molar-refractivity contribution is 6.30. The lowest BCUT2D eigenvalue weighted by Crippen LogP contribution is -2.41. The van der Waals surface area contributed by atoms with E-state index in [1.165, 1.54) is 4.90 Å². The molecule has 2 aromatic rings. The van der Waals surface area contributed by atoms with Crippen molar-refractivity contribution in [1.82, 2.24) is 15.1 Å². The number of ether oxygens (including phenoxy) is 1. The number of amides is 1. The van der Waals surface area contributed by atoms with E-state index in [0.717, 1.165) is 0 Å². The van der Waals surface area contributed by atoms with Crippen molar-refractivity contribution < 1.29 is 27.1 Å². The van der Waals surface area contributed by atoms with Crippen molar-refractivity contribution in [2.75, 3.05) is 19.7 Å². The van der Waals surface area contributed by atoms with E-state index in [1.54, 1.807) is 24.3 Å². The van der Waals surface area contributed by atoms with Gasteiger partial charge in [0.1, 0.15) is 5.75 Å². The molecular weight excluding hydrogens is 375 g/mol. The maximum absolute atomic E-state index is 12.6. The molecule has 0 radical (unpaired) electrons. The van der Waals surface area contributed by atoms with Gasteiger partial charge in [-0.2, -0.15) is 13.2 Å². The van der Waals surface area contributed by atoms with Gasteiger partial charge in [-0.05, 0) is 37.1 Å². The molecular formula is C16H15ClF3N3O3. The lowest BCUT2D eigenvalue weighted by molar-refractivity contribution is -0.157. The van der Waals surface area contributed by atoms with E-state index in [9.17, 15) is 18.0 Å². The smallest absolute Gasteiger partial charge is 0.470 e. The van der Waals surface area contributed by atoms with Crippen LogP contribution in [-0.2, 0) is 11.0 Å². The molecule has 0 spiro atoms. The third-order valence-electron chi connectivity index (χ3n) is 3.98. The van der Waals surface area contributed by atoms with Crippen LogP contribution in [0.2, 0.25) is 5.02 Å². The number of likely N-dealkylation sites (tertiary alicyclic amines) is 1. The second-order valence-corrected chi connectivity index (χ2v) is 6.30. The maximum Gasteiger partial charge on any atom is 0.470 e. The van der Waals surface area contributed by atoms with Crippen LogP contribution in [0.4, 0.5) is 13.2 Å². The van der Waals surface area contributed by atoms with Gasteiger partial charge < -0.3 is 14.1 Å². The quantitative estimate of drug-likeness (QED) is 0.800. The summed E-state index contributed by atoms with van der Waals surface area (Å²) in [6, 6.07) is 6.58.